The topological polar surface area (TPSA) is 103 Å². The van der Waals surface area contributed by atoms with Gasteiger partial charge in [-0.1, -0.05) is 47.5 Å². The van der Waals surface area contributed by atoms with Crippen LogP contribution >= 0.6 is 23.2 Å². The lowest BCUT2D eigenvalue weighted by Gasteiger charge is -2.28. The van der Waals surface area contributed by atoms with Crippen molar-refractivity contribution in [2.75, 3.05) is 13.1 Å². The van der Waals surface area contributed by atoms with Gasteiger partial charge in [-0.05, 0) is 102 Å². The van der Waals surface area contributed by atoms with Crippen LogP contribution in [0.15, 0.2) is 48.5 Å². The van der Waals surface area contributed by atoms with E-state index in [4.69, 9.17) is 27.9 Å². The van der Waals surface area contributed by atoms with Gasteiger partial charge in [-0.2, -0.15) is 0 Å². The minimum Gasteiger partial charge on any atom is -0.444 e. The van der Waals surface area contributed by atoms with Gasteiger partial charge in [0.05, 0.1) is 25.2 Å². The number of ether oxygens (including phenoxy) is 1. The molecule has 0 unspecified atom stereocenters. The number of hydrogen-bond donors (Lipinski definition) is 1. The molecule has 0 saturated carbocycles. The molecule has 4 heterocycles. The second-order valence-electron chi connectivity index (χ2n) is 12.6. The van der Waals surface area contributed by atoms with E-state index in [9.17, 15) is 4.79 Å². The molecular weight excluding hydrogens is 611 g/mol. The molecule has 6 rings (SSSR count). The van der Waals surface area contributed by atoms with E-state index >= 15 is 0 Å². The van der Waals surface area contributed by atoms with E-state index in [1.807, 2.05) is 83.1 Å². The number of carbonyl (C=O) groups is 1. The Morgan fingerprint density at radius 1 is 0.822 bits per heavy atom. The van der Waals surface area contributed by atoms with Gasteiger partial charge in [0.25, 0.3) is 0 Å². The van der Waals surface area contributed by atoms with Crippen molar-refractivity contribution >= 4 is 29.3 Å². The smallest absolute Gasteiger partial charge is 0.410 e. The lowest BCUT2D eigenvalue weighted by molar-refractivity contribution is 0.0215. The number of nitrogens with one attached hydrogen (secondary N) is 1. The summed E-state index contributed by atoms with van der Waals surface area (Å²) in [7, 11) is 0. The van der Waals surface area contributed by atoms with E-state index in [2.05, 4.69) is 34.8 Å². The van der Waals surface area contributed by atoms with E-state index in [1.54, 1.807) is 4.90 Å². The Morgan fingerprint density at radius 3 is 1.87 bits per heavy atom. The molecule has 0 radical (unpaired) electrons. The van der Waals surface area contributed by atoms with Crippen LogP contribution in [0, 0.1) is 13.8 Å². The molecule has 45 heavy (non-hydrogen) atoms. The minimum atomic E-state index is -0.517. The fraction of sp³-hybridized carbons (Fsp3) is 0.485. The summed E-state index contributed by atoms with van der Waals surface area (Å²) in [5.74, 6) is 3.63. The first-order valence-corrected chi connectivity index (χ1v) is 16.3. The SMILES string of the molecule is Cc1nnc([C@H]2CCCN2)n1Cc1ccc(Cl)cc1.Cc1nnc([C@H]2CCCN2C(=O)OC(C)(C)C)n1Cc1ccc(Cl)cc1. The van der Waals surface area contributed by atoms with Crippen LogP contribution in [-0.2, 0) is 17.8 Å². The Bertz CT molecular complexity index is 1570. The Labute approximate surface area is 275 Å². The Kier molecular flexibility index (Phi) is 10.5. The van der Waals surface area contributed by atoms with Crippen molar-refractivity contribution in [3.63, 3.8) is 0 Å². The van der Waals surface area contributed by atoms with Crippen LogP contribution < -0.4 is 5.32 Å². The first kappa shape index (κ1) is 32.9. The van der Waals surface area contributed by atoms with Crippen molar-refractivity contribution in [1.82, 2.24) is 39.7 Å². The fourth-order valence-corrected chi connectivity index (χ4v) is 5.97. The maximum Gasteiger partial charge on any atom is 0.410 e. The molecule has 4 aromatic rings. The van der Waals surface area contributed by atoms with Crippen molar-refractivity contribution in [2.24, 2.45) is 0 Å². The number of carbonyl (C=O) groups excluding carboxylic acids is 1. The van der Waals surface area contributed by atoms with Crippen LogP contribution in [0.4, 0.5) is 4.79 Å². The molecule has 12 heteroatoms. The maximum atomic E-state index is 12.6. The van der Waals surface area contributed by atoms with Crippen molar-refractivity contribution in [3.05, 3.63) is 93.0 Å². The van der Waals surface area contributed by atoms with Crippen molar-refractivity contribution < 1.29 is 9.53 Å². The standard InChI is InChI=1S/C19H25ClN4O2.C14H17ClN4/c1-13-21-22-17(24(13)12-14-7-9-15(20)10-8-14)16-6-5-11-23(16)18(25)26-19(2,3)4;1-10-17-18-14(13-3-2-8-16-13)19(10)9-11-4-6-12(15)7-5-11/h7-10,16H,5-6,11-12H2,1-4H3;4-7,13,16H,2-3,8-9H2,1H3/t16-;13-/m11/s1. The van der Waals surface area contributed by atoms with Gasteiger partial charge in [-0.3, -0.25) is 4.90 Å². The molecule has 1 amide bonds. The maximum absolute atomic E-state index is 12.6. The van der Waals surface area contributed by atoms with Crippen molar-refractivity contribution in [1.29, 1.82) is 0 Å². The molecular formula is C33H42Cl2N8O2. The largest absolute Gasteiger partial charge is 0.444 e. The van der Waals surface area contributed by atoms with E-state index in [-0.39, 0.29) is 12.1 Å². The predicted molar refractivity (Wildman–Crippen MR) is 176 cm³/mol. The zero-order chi connectivity index (χ0) is 32.1. The fourth-order valence-electron chi connectivity index (χ4n) is 5.71. The molecule has 0 aliphatic carbocycles. The molecule has 2 fully saturated rings. The number of aryl methyl sites for hydroxylation is 2. The van der Waals surface area contributed by atoms with Gasteiger partial charge in [-0.15, -0.1) is 20.4 Å². The van der Waals surface area contributed by atoms with Gasteiger partial charge >= 0.3 is 6.09 Å². The third-order valence-corrected chi connectivity index (χ3v) is 8.49. The molecule has 240 valence electrons. The zero-order valence-electron chi connectivity index (χ0n) is 26.6. The second kappa shape index (κ2) is 14.3. The average Bonchev–Trinajstić information content (AvgIpc) is 3.80. The highest BCUT2D eigenvalue weighted by atomic mass is 35.5. The number of hydrogen-bond acceptors (Lipinski definition) is 7. The van der Waals surface area contributed by atoms with Crippen LogP contribution in [0.1, 0.15) is 93.0 Å². The molecule has 2 saturated heterocycles. The summed E-state index contributed by atoms with van der Waals surface area (Å²) in [6.07, 6.45) is 3.84. The van der Waals surface area contributed by atoms with Crippen LogP contribution in [0.3, 0.4) is 0 Å². The molecule has 0 spiro atoms. The monoisotopic (exact) mass is 652 g/mol. The summed E-state index contributed by atoms with van der Waals surface area (Å²) in [6, 6.07) is 15.9. The molecule has 2 aromatic heterocycles. The average molecular weight is 654 g/mol. The van der Waals surface area contributed by atoms with E-state index in [0.29, 0.717) is 24.2 Å². The second-order valence-corrected chi connectivity index (χ2v) is 13.5. The van der Waals surface area contributed by atoms with Crippen molar-refractivity contribution in [3.8, 4) is 0 Å². The summed E-state index contributed by atoms with van der Waals surface area (Å²) >= 11 is 11.9. The predicted octanol–water partition coefficient (Wildman–Crippen LogP) is 7.07. The quantitative estimate of drug-likeness (QED) is 0.237. The lowest BCUT2D eigenvalue weighted by atomic mass is 10.2. The Morgan fingerprint density at radius 2 is 1.36 bits per heavy atom. The van der Waals surface area contributed by atoms with Crippen molar-refractivity contribution in [2.45, 2.75) is 91.1 Å². The summed E-state index contributed by atoms with van der Waals surface area (Å²) in [4.78, 5) is 14.4. The third kappa shape index (κ3) is 8.42. The molecule has 2 aromatic carbocycles. The third-order valence-electron chi connectivity index (χ3n) is 7.99. The number of amides is 1. The van der Waals surface area contributed by atoms with Gasteiger partial charge in [0.2, 0.25) is 0 Å². The van der Waals surface area contributed by atoms with E-state index in [1.165, 1.54) is 12.0 Å². The highest BCUT2D eigenvalue weighted by molar-refractivity contribution is 6.30. The number of rotatable bonds is 6. The van der Waals surface area contributed by atoms with Gasteiger partial charge in [0.1, 0.15) is 17.2 Å². The number of nitrogens with zero attached hydrogens (tertiary/aromatic N) is 7. The number of benzene rings is 2. The highest BCUT2D eigenvalue weighted by Gasteiger charge is 2.36. The van der Waals surface area contributed by atoms with E-state index in [0.717, 1.165) is 66.2 Å². The van der Waals surface area contributed by atoms with Gasteiger partial charge in [-0.25, -0.2) is 4.79 Å². The van der Waals surface area contributed by atoms with Crippen LogP contribution in [0.25, 0.3) is 0 Å². The van der Waals surface area contributed by atoms with Gasteiger partial charge in [0.15, 0.2) is 11.6 Å². The van der Waals surface area contributed by atoms with E-state index < -0.39 is 5.60 Å². The molecule has 2 aliphatic heterocycles. The Balaban J connectivity index is 0.000000186. The van der Waals surface area contributed by atoms with Crippen LogP contribution in [0.5, 0.6) is 0 Å². The molecule has 10 nitrogen and oxygen atoms in total. The molecule has 1 N–H and O–H groups in total. The van der Waals surface area contributed by atoms with Gasteiger partial charge in [0, 0.05) is 16.6 Å². The summed E-state index contributed by atoms with van der Waals surface area (Å²) < 4.78 is 9.82. The Hall–Kier alpha value is -3.47. The molecule has 2 aliphatic rings. The highest BCUT2D eigenvalue weighted by Crippen LogP contribution is 2.33. The summed E-state index contributed by atoms with van der Waals surface area (Å²) in [5.41, 5.74) is 1.81. The minimum absolute atomic E-state index is 0.113. The summed E-state index contributed by atoms with van der Waals surface area (Å²) in [5, 5.41) is 22.1. The lowest BCUT2D eigenvalue weighted by Crippen LogP contribution is -2.37. The molecule has 0 bridgehead atoms. The number of aromatic nitrogens is 6. The van der Waals surface area contributed by atoms with Crippen LogP contribution in [0.2, 0.25) is 10.0 Å². The molecule has 2 atom stereocenters. The normalized spacial score (nSPS) is 18.2. The number of halogens is 2. The summed E-state index contributed by atoms with van der Waals surface area (Å²) in [6.45, 7) is 12.7. The van der Waals surface area contributed by atoms with Gasteiger partial charge < -0.3 is 19.2 Å². The zero-order valence-corrected chi connectivity index (χ0v) is 28.1. The van der Waals surface area contributed by atoms with Crippen LogP contribution in [-0.4, -0.2) is 59.2 Å². The number of likely N-dealkylation sites (tertiary alicyclic amines) is 1. The first-order chi connectivity index (χ1) is 21.5. The first-order valence-electron chi connectivity index (χ1n) is 15.5.